The van der Waals surface area contributed by atoms with E-state index in [1.165, 1.54) is 6.92 Å². The molecule has 0 radical (unpaired) electrons. The van der Waals surface area contributed by atoms with Crippen molar-refractivity contribution in [1.82, 2.24) is 0 Å². The molecule has 2 unspecified atom stereocenters. The van der Waals surface area contributed by atoms with Crippen molar-refractivity contribution in [2.75, 3.05) is 0 Å². The molecule has 0 fully saturated rings. The van der Waals surface area contributed by atoms with E-state index in [4.69, 9.17) is 4.74 Å². The second-order valence-electron chi connectivity index (χ2n) is 6.32. The molecule has 0 aliphatic carbocycles. The predicted molar refractivity (Wildman–Crippen MR) is 82.2 cm³/mol. The SMILES string of the molecule is Cc1ccc(COC(=O)C(O)C(C)(CC(C)C)C(=O)O)cc1. The van der Waals surface area contributed by atoms with E-state index in [-0.39, 0.29) is 18.9 Å². The number of aliphatic hydroxyl groups is 1. The Morgan fingerprint density at radius 1 is 1.23 bits per heavy atom. The molecule has 0 amide bonds. The van der Waals surface area contributed by atoms with Crippen LogP contribution >= 0.6 is 0 Å². The first-order valence-electron chi connectivity index (χ1n) is 7.30. The van der Waals surface area contributed by atoms with Crippen molar-refractivity contribution in [1.29, 1.82) is 0 Å². The number of esters is 1. The highest BCUT2D eigenvalue weighted by molar-refractivity contribution is 5.85. The molecule has 0 saturated heterocycles. The number of aliphatic hydroxyl groups excluding tert-OH is 1. The Labute approximate surface area is 130 Å². The molecule has 0 aliphatic rings. The maximum Gasteiger partial charge on any atom is 0.336 e. The molecule has 0 bridgehead atoms. The van der Waals surface area contributed by atoms with Crippen LogP contribution in [-0.4, -0.2) is 28.3 Å². The minimum atomic E-state index is -1.70. The maximum atomic E-state index is 12.0. The molecular formula is C17H24O5. The normalized spacial score (nSPS) is 15.2. The van der Waals surface area contributed by atoms with Crippen molar-refractivity contribution in [3.63, 3.8) is 0 Å². The fraction of sp³-hybridized carbons (Fsp3) is 0.529. The van der Waals surface area contributed by atoms with Crippen molar-refractivity contribution in [3.8, 4) is 0 Å². The van der Waals surface area contributed by atoms with Crippen LogP contribution in [0.1, 0.15) is 38.3 Å². The Hall–Kier alpha value is -1.88. The molecule has 0 aliphatic heterocycles. The summed E-state index contributed by atoms with van der Waals surface area (Å²) in [4.78, 5) is 23.4. The fourth-order valence-electron chi connectivity index (χ4n) is 2.34. The number of carboxylic acid groups (broad SMARTS) is 1. The molecular weight excluding hydrogens is 284 g/mol. The first-order valence-corrected chi connectivity index (χ1v) is 7.30. The summed E-state index contributed by atoms with van der Waals surface area (Å²) in [5, 5.41) is 19.5. The molecule has 0 saturated carbocycles. The van der Waals surface area contributed by atoms with Crippen LogP contribution in [0, 0.1) is 18.3 Å². The van der Waals surface area contributed by atoms with E-state index < -0.39 is 23.5 Å². The number of hydrogen-bond donors (Lipinski definition) is 2. The number of carbonyl (C=O) groups is 2. The van der Waals surface area contributed by atoms with Gasteiger partial charge in [-0.1, -0.05) is 43.7 Å². The largest absolute Gasteiger partial charge is 0.481 e. The predicted octanol–water partition coefficient (Wildman–Crippen LogP) is 2.54. The average Bonchev–Trinajstić information content (AvgIpc) is 2.44. The number of aryl methyl sites for hydroxylation is 1. The van der Waals surface area contributed by atoms with Crippen molar-refractivity contribution < 1.29 is 24.5 Å². The fourth-order valence-corrected chi connectivity index (χ4v) is 2.34. The Balaban J connectivity index is 2.73. The molecule has 1 rings (SSSR count). The quantitative estimate of drug-likeness (QED) is 0.756. The third-order valence-corrected chi connectivity index (χ3v) is 3.65. The summed E-state index contributed by atoms with van der Waals surface area (Å²) in [6.07, 6.45) is -1.51. The number of carbonyl (C=O) groups excluding carboxylic acids is 1. The van der Waals surface area contributed by atoms with Gasteiger partial charge in [-0.3, -0.25) is 4.79 Å². The third-order valence-electron chi connectivity index (χ3n) is 3.65. The molecule has 5 nitrogen and oxygen atoms in total. The number of ether oxygens (including phenoxy) is 1. The molecule has 5 heteroatoms. The lowest BCUT2D eigenvalue weighted by Crippen LogP contribution is -2.46. The van der Waals surface area contributed by atoms with Gasteiger partial charge in [0.15, 0.2) is 6.10 Å². The molecule has 0 heterocycles. The highest BCUT2D eigenvalue weighted by atomic mass is 16.5. The summed E-state index contributed by atoms with van der Waals surface area (Å²) in [6, 6.07) is 7.42. The lowest BCUT2D eigenvalue weighted by Gasteiger charge is -2.30. The van der Waals surface area contributed by atoms with E-state index >= 15 is 0 Å². The van der Waals surface area contributed by atoms with Crippen LogP contribution in [0.5, 0.6) is 0 Å². The van der Waals surface area contributed by atoms with E-state index in [1.54, 1.807) is 0 Å². The second-order valence-corrected chi connectivity index (χ2v) is 6.32. The second kappa shape index (κ2) is 7.40. The zero-order valence-electron chi connectivity index (χ0n) is 13.5. The highest BCUT2D eigenvalue weighted by Crippen LogP contribution is 2.31. The van der Waals surface area contributed by atoms with Crippen molar-refractivity contribution in [2.45, 2.75) is 46.8 Å². The average molecular weight is 308 g/mol. The lowest BCUT2D eigenvalue weighted by molar-refractivity contribution is -0.174. The lowest BCUT2D eigenvalue weighted by atomic mass is 9.77. The van der Waals surface area contributed by atoms with Crippen LogP contribution in [0.15, 0.2) is 24.3 Å². The van der Waals surface area contributed by atoms with Gasteiger partial charge in [-0.15, -0.1) is 0 Å². The summed E-state index contributed by atoms with van der Waals surface area (Å²) in [5.74, 6) is -2.09. The van der Waals surface area contributed by atoms with Crippen LogP contribution in [0.3, 0.4) is 0 Å². The number of hydrogen-bond acceptors (Lipinski definition) is 4. The van der Waals surface area contributed by atoms with Gasteiger partial charge < -0.3 is 14.9 Å². The molecule has 22 heavy (non-hydrogen) atoms. The minimum Gasteiger partial charge on any atom is -0.481 e. The van der Waals surface area contributed by atoms with Crippen molar-refractivity contribution in [3.05, 3.63) is 35.4 Å². The topological polar surface area (TPSA) is 83.8 Å². The first-order chi connectivity index (χ1) is 10.2. The van der Waals surface area contributed by atoms with Gasteiger partial charge >= 0.3 is 11.9 Å². The maximum absolute atomic E-state index is 12.0. The van der Waals surface area contributed by atoms with Gasteiger partial charge in [0.05, 0.1) is 0 Å². The summed E-state index contributed by atoms with van der Waals surface area (Å²) < 4.78 is 5.06. The van der Waals surface area contributed by atoms with E-state index in [0.717, 1.165) is 11.1 Å². The van der Waals surface area contributed by atoms with Crippen LogP contribution in [0.4, 0.5) is 0 Å². The van der Waals surface area contributed by atoms with Gasteiger partial charge in [0.2, 0.25) is 0 Å². The Bertz CT molecular complexity index is 520. The van der Waals surface area contributed by atoms with Crippen LogP contribution in [-0.2, 0) is 20.9 Å². The molecule has 0 spiro atoms. The summed E-state index contributed by atoms with van der Waals surface area (Å²) >= 11 is 0. The van der Waals surface area contributed by atoms with Gasteiger partial charge in [-0.25, -0.2) is 4.79 Å². The third kappa shape index (κ3) is 4.56. The Kier molecular flexibility index (Phi) is 6.11. The first kappa shape index (κ1) is 18.2. The van der Waals surface area contributed by atoms with E-state index in [9.17, 15) is 19.8 Å². The van der Waals surface area contributed by atoms with Gasteiger partial charge in [0.25, 0.3) is 0 Å². The van der Waals surface area contributed by atoms with Crippen LogP contribution in [0.2, 0.25) is 0 Å². The molecule has 1 aromatic rings. The van der Waals surface area contributed by atoms with Gasteiger partial charge in [-0.2, -0.15) is 0 Å². The van der Waals surface area contributed by atoms with Gasteiger partial charge in [0.1, 0.15) is 12.0 Å². The van der Waals surface area contributed by atoms with E-state index in [2.05, 4.69) is 0 Å². The number of aliphatic carboxylic acids is 1. The smallest absolute Gasteiger partial charge is 0.336 e. The van der Waals surface area contributed by atoms with Crippen molar-refractivity contribution >= 4 is 11.9 Å². The molecule has 0 aromatic heterocycles. The van der Waals surface area contributed by atoms with Crippen LogP contribution in [0.25, 0.3) is 0 Å². The van der Waals surface area contributed by atoms with Crippen molar-refractivity contribution in [2.24, 2.45) is 11.3 Å². The minimum absolute atomic E-state index is 0.00749. The van der Waals surface area contributed by atoms with Gasteiger partial charge in [0, 0.05) is 0 Å². The molecule has 1 aromatic carbocycles. The number of benzene rings is 1. The summed E-state index contributed by atoms with van der Waals surface area (Å²) in [6.45, 7) is 7.00. The van der Waals surface area contributed by atoms with E-state index in [1.807, 2.05) is 45.0 Å². The molecule has 2 N–H and O–H groups in total. The molecule has 2 atom stereocenters. The Morgan fingerprint density at radius 3 is 2.23 bits per heavy atom. The molecule has 122 valence electrons. The summed E-state index contributed by atoms with van der Waals surface area (Å²) in [5.41, 5.74) is 0.316. The summed E-state index contributed by atoms with van der Waals surface area (Å²) in [7, 11) is 0. The highest BCUT2D eigenvalue weighted by Gasteiger charge is 2.45. The van der Waals surface area contributed by atoms with Gasteiger partial charge in [-0.05, 0) is 31.7 Å². The standard InChI is InChI=1S/C17H24O5/c1-11(2)9-17(4,16(20)21)14(18)15(19)22-10-13-7-5-12(3)6-8-13/h5-8,11,14,18H,9-10H2,1-4H3,(H,20,21). The zero-order chi connectivity index (χ0) is 16.9. The zero-order valence-corrected chi connectivity index (χ0v) is 13.5. The van der Waals surface area contributed by atoms with Crippen LogP contribution < -0.4 is 0 Å². The Morgan fingerprint density at radius 2 is 1.77 bits per heavy atom. The monoisotopic (exact) mass is 308 g/mol. The number of rotatable bonds is 7. The van der Waals surface area contributed by atoms with E-state index in [0.29, 0.717) is 0 Å². The number of carboxylic acids is 1.